The molecule has 2 nitrogen and oxygen atoms in total. The maximum absolute atomic E-state index is 11.8. The number of hydrogen-bond acceptors (Lipinski definition) is 2. The number of benzene rings is 3. The topological polar surface area (TPSA) is 30.2 Å². The van der Waals surface area contributed by atoms with Crippen LogP contribution in [0.3, 0.4) is 0 Å². The largest absolute Gasteiger partial charge is 0.455 e. The summed E-state index contributed by atoms with van der Waals surface area (Å²) >= 11 is 0. The fourth-order valence-corrected chi connectivity index (χ4v) is 3.01. The van der Waals surface area contributed by atoms with Gasteiger partial charge in [0.25, 0.3) is 0 Å². The van der Waals surface area contributed by atoms with Crippen LogP contribution < -0.4 is 0 Å². The average molecular weight is 300 g/mol. The minimum absolute atomic E-state index is 0.165. The third-order valence-corrected chi connectivity index (χ3v) is 4.24. The van der Waals surface area contributed by atoms with Crippen molar-refractivity contribution in [1.82, 2.24) is 0 Å². The Kier molecular flexibility index (Phi) is 3.23. The van der Waals surface area contributed by atoms with Gasteiger partial charge in [0.05, 0.1) is 0 Å². The molecule has 2 heteroatoms. The first-order valence-corrected chi connectivity index (χ1v) is 7.82. The highest BCUT2D eigenvalue weighted by molar-refractivity contribution is 6.09. The monoisotopic (exact) mass is 300 g/mol. The Labute approximate surface area is 134 Å². The summed E-state index contributed by atoms with van der Waals surface area (Å²) in [6.07, 6.45) is 0.526. The van der Waals surface area contributed by atoms with Gasteiger partial charge >= 0.3 is 0 Å². The van der Waals surface area contributed by atoms with Crippen molar-refractivity contribution in [2.75, 3.05) is 0 Å². The van der Waals surface area contributed by atoms with Crippen LogP contribution in [0.4, 0.5) is 0 Å². The van der Waals surface area contributed by atoms with Crippen molar-refractivity contribution in [2.45, 2.75) is 13.3 Å². The quantitative estimate of drug-likeness (QED) is 0.444. The van der Waals surface area contributed by atoms with E-state index in [-0.39, 0.29) is 5.78 Å². The summed E-state index contributed by atoms with van der Waals surface area (Å²) in [5.74, 6) is 0.165. The molecular weight excluding hydrogens is 284 g/mol. The number of carbonyl (C=O) groups is 1. The molecule has 112 valence electrons. The van der Waals surface area contributed by atoms with Crippen molar-refractivity contribution in [3.05, 3.63) is 72.3 Å². The lowest BCUT2D eigenvalue weighted by Crippen LogP contribution is -1.95. The molecule has 1 heterocycles. The van der Waals surface area contributed by atoms with Gasteiger partial charge in [0.2, 0.25) is 0 Å². The van der Waals surface area contributed by atoms with Crippen LogP contribution in [0.15, 0.2) is 71.1 Å². The van der Waals surface area contributed by atoms with Crippen LogP contribution in [0.1, 0.15) is 23.7 Å². The van der Waals surface area contributed by atoms with E-state index in [0.717, 1.165) is 38.6 Å². The lowest BCUT2D eigenvalue weighted by Gasteiger charge is -2.04. The Balaban J connectivity index is 1.90. The van der Waals surface area contributed by atoms with E-state index in [1.54, 1.807) is 0 Å². The summed E-state index contributed by atoms with van der Waals surface area (Å²) in [7, 11) is 0. The van der Waals surface area contributed by atoms with E-state index >= 15 is 0 Å². The summed E-state index contributed by atoms with van der Waals surface area (Å²) in [5.41, 5.74) is 4.65. The van der Waals surface area contributed by atoms with Crippen LogP contribution >= 0.6 is 0 Å². The molecule has 0 aliphatic heterocycles. The standard InChI is InChI=1S/C21H16O2/c1-2-19(22)15-12-10-14(11-13-15)16-7-5-8-18-17-6-3-4-9-20(17)23-21(16)18/h3-13H,2H2,1H3. The van der Waals surface area contributed by atoms with Crippen LogP contribution in [0.25, 0.3) is 33.1 Å². The van der Waals surface area contributed by atoms with Crippen LogP contribution in [0, 0.1) is 0 Å². The van der Waals surface area contributed by atoms with Crippen molar-refractivity contribution in [2.24, 2.45) is 0 Å². The van der Waals surface area contributed by atoms with Crippen LogP contribution in [0.5, 0.6) is 0 Å². The minimum Gasteiger partial charge on any atom is -0.455 e. The Morgan fingerprint density at radius 2 is 1.61 bits per heavy atom. The Morgan fingerprint density at radius 1 is 0.870 bits per heavy atom. The SMILES string of the molecule is CCC(=O)c1ccc(-c2cccc3c2oc2ccccc23)cc1. The third-order valence-electron chi connectivity index (χ3n) is 4.24. The smallest absolute Gasteiger partial charge is 0.162 e. The molecule has 1 aromatic heterocycles. The lowest BCUT2D eigenvalue weighted by molar-refractivity contribution is 0.0988. The number of para-hydroxylation sites is 2. The van der Waals surface area contributed by atoms with Gasteiger partial charge in [-0.2, -0.15) is 0 Å². The van der Waals surface area contributed by atoms with E-state index in [1.165, 1.54) is 0 Å². The third kappa shape index (κ3) is 2.23. The Bertz CT molecular complexity index is 1010. The molecule has 0 spiro atoms. The highest BCUT2D eigenvalue weighted by Gasteiger charge is 2.12. The molecule has 0 atom stereocenters. The van der Waals surface area contributed by atoms with E-state index in [4.69, 9.17) is 4.42 Å². The van der Waals surface area contributed by atoms with E-state index in [1.807, 2.05) is 55.5 Å². The molecule has 0 radical (unpaired) electrons. The maximum atomic E-state index is 11.8. The van der Waals surface area contributed by atoms with Gasteiger partial charge in [-0.1, -0.05) is 67.6 Å². The van der Waals surface area contributed by atoms with Gasteiger partial charge in [0, 0.05) is 28.3 Å². The number of Topliss-reactive ketones (excluding diaryl/α,β-unsaturated/α-hetero) is 1. The summed E-state index contributed by atoms with van der Waals surface area (Å²) in [4.78, 5) is 11.8. The summed E-state index contributed by atoms with van der Waals surface area (Å²) in [6, 6.07) is 22.0. The molecule has 0 saturated carbocycles. The molecule has 0 saturated heterocycles. The fourth-order valence-electron chi connectivity index (χ4n) is 3.01. The van der Waals surface area contributed by atoms with Gasteiger partial charge in [-0.15, -0.1) is 0 Å². The second-order valence-electron chi connectivity index (χ2n) is 5.63. The second kappa shape index (κ2) is 5.40. The van der Waals surface area contributed by atoms with E-state index in [0.29, 0.717) is 6.42 Å². The molecule has 0 amide bonds. The van der Waals surface area contributed by atoms with Gasteiger partial charge in [-0.3, -0.25) is 4.79 Å². The summed E-state index contributed by atoms with van der Waals surface area (Å²) in [5, 5.41) is 2.24. The number of fused-ring (bicyclic) bond motifs is 3. The minimum atomic E-state index is 0.165. The fraction of sp³-hybridized carbons (Fsp3) is 0.0952. The van der Waals surface area contributed by atoms with Gasteiger partial charge < -0.3 is 4.42 Å². The molecule has 4 rings (SSSR count). The van der Waals surface area contributed by atoms with Gasteiger partial charge in [-0.25, -0.2) is 0 Å². The molecule has 0 bridgehead atoms. The number of ketones is 1. The predicted octanol–water partition coefficient (Wildman–Crippen LogP) is 5.85. The van der Waals surface area contributed by atoms with Crippen molar-refractivity contribution in [3.63, 3.8) is 0 Å². The number of carbonyl (C=O) groups excluding carboxylic acids is 1. The Hall–Kier alpha value is -2.87. The normalized spacial score (nSPS) is 11.2. The zero-order valence-electron chi connectivity index (χ0n) is 12.9. The number of furan rings is 1. The van der Waals surface area contributed by atoms with Crippen molar-refractivity contribution < 1.29 is 9.21 Å². The molecule has 23 heavy (non-hydrogen) atoms. The van der Waals surface area contributed by atoms with Crippen molar-refractivity contribution >= 4 is 27.7 Å². The van der Waals surface area contributed by atoms with Gasteiger partial charge in [0.15, 0.2) is 5.78 Å². The van der Waals surface area contributed by atoms with Crippen molar-refractivity contribution in [3.8, 4) is 11.1 Å². The van der Waals surface area contributed by atoms with Gasteiger partial charge in [-0.05, 0) is 11.6 Å². The molecular formula is C21H16O2. The van der Waals surface area contributed by atoms with Crippen LogP contribution in [-0.4, -0.2) is 5.78 Å². The number of hydrogen-bond donors (Lipinski definition) is 0. The first kappa shape index (κ1) is 13.8. The highest BCUT2D eigenvalue weighted by Crippen LogP contribution is 2.35. The van der Waals surface area contributed by atoms with Gasteiger partial charge in [0.1, 0.15) is 11.2 Å². The first-order chi connectivity index (χ1) is 11.3. The zero-order valence-corrected chi connectivity index (χ0v) is 12.9. The molecule has 0 fully saturated rings. The van der Waals surface area contributed by atoms with Crippen molar-refractivity contribution in [1.29, 1.82) is 0 Å². The molecule has 4 aromatic rings. The lowest BCUT2D eigenvalue weighted by atomic mass is 10.00. The molecule has 0 aliphatic carbocycles. The second-order valence-corrected chi connectivity index (χ2v) is 5.63. The Morgan fingerprint density at radius 3 is 2.39 bits per heavy atom. The molecule has 0 unspecified atom stereocenters. The van der Waals surface area contributed by atoms with E-state index in [2.05, 4.69) is 18.2 Å². The first-order valence-electron chi connectivity index (χ1n) is 7.82. The molecule has 3 aromatic carbocycles. The van der Waals surface area contributed by atoms with Crippen LogP contribution in [0.2, 0.25) is 0 Å². The summed E-state index contributed by atoms with van der Waals surface area (Å²) < 4.78 is 6.07. The number of rotatable bonds is 3. The maximum Gasteiger partial charge on any atom is 0.162 e. The average Bonchev–Trinajstić information content (AvgIpc) is 3.00. The summed E-state index contributed by atoms with van der Waals surface area (Å²) in [6.45, 7) is 1.88. The van der Waals surface area contributed by atoms with E-state index in [9.17, 15) is 4.79 Å². The zero-order chi connectivity index (χ0) is 15.8. The molecule has 0 N–H and O–H groups in total. The van der Waals surface area contributed by atoms with Crippen LogP contribution in [-0.2, 0) is 0 Å². The van der Waals surface area contributed by atoms with E-state index < -0.39 is 0 Å². The highest BCUT2D eigenvalue weighted by atomic mass is 16.3. The molecule has 0 aliphatic rings. The predicted molar refractivity (Wildman–Crippen MR) is 93.8 cm³/mol.